The number of nitrogens with zero attached hydrogens (tertiary/aromatic N) is 1. The van der Waals surface area contributed by atoms with Crippen LogP contribution >= 0.6 is 11.8 Å². The predicted octanol–water partition coefficient (Wildman–Crippen LogP) is 6.16. The van der Waals surface area contributed by atoms with Crippen molar-refractivity contribution in [3.63, 3.8) is 0 Å². The van der Waals surface area contributed by atoms with E-state index < -0.39 is 0 Å². The highest BCUT2D eigenvalue weighted by molar-refractivity contribution is 8.01. The Morgan fingerprint density at radius 3 is 2.62 bits per heavy atom. The number of methoxy groups -OCH3 is 1. The Morgan fingerprint density at radius 2 is 1.92 bits per heavy atom. The number of H-pyrrole nitrogens is 1. The fourth-order valence-electron chi connectivity index (χ4n) is 2.90. The lowest BCUT2D eigenvalue weighted by molar-refractivity contribution is 0.415. The maximum Gasteiger partial charge on any atom is 0.133 e. The first-order valence-electron chi connectivity index (χ1n) is 8.69. The lowest BCUT2D eigenvalue weighted by Gasteiger charge is -2.08. The van der Waals surface area contributed by atoms with Gasteiger partial charge in [-0.1, -0.05) is 30.3 Å². The molecule has 0 fully saturated rings. The highest BCUT2D eigenvalue weighted by Gasteiger charge is 2.05. The van der Waals surface area contributed by atoms with Crippen molar-refractivity contribution < 1.29 is 4.74 Å². The van der Waals surface area contributed by atoms with E-state index >= 15 is 0 Å². The molecule has 134 valence electrons. The minimum atomic E-state index is 0.887. The quantitative estimate of drug-likeness (QED) is 0.545. The smallest absolute Gasteiger partial charge is 0.133 e. The van der Waals surface area contributed by atoms with Crippen LogP contribution in [0.2, 0.25) is 0 Å². The number of nitrogens with one attached hydrogen (secondary N) is 1. The summed E-state index contributed by atoms with van der Waals surface area (Å²) in [6.07, 6.45) is 6.32. The van der Waals surface area contributed by atoms with E-state index in [1.807, 2.05) is 30.3 Å². The number of aromatic nitrogens is 2. The fraction of sp³-hybridized carbons (Fsp3) is 0.227. The van der Waals surface area contributed by atoms with Gasteiger partial charge < -0.3 is 9.72 Å². The topological polar surface area (TPSA) is 37.9 Å². The Hall–Kier alpha value is -2.46. The molecule has 3 aromatic rings. The first-order valence-corrected chi connectivity index (χ1v) is 9.98. The molecule has 0 atom stereocenters. The third-order valence-corrected chi connectivity index (χ3v) is 4.87. The maximum atomic E-state index is 5.25. The summed E-state index contributed by atoms with van der Waals surface area (Å²) in [4.78, 5) is 8.06. The van der Waals surface area contributed by atoms with E-state index in [1.54, 1.807) is 18.9 Å². The van der Waals surface area contributed by atoms with Gasteiger partial charge in [-0.3, -0.25) is 0 Å². The van der Waals surface area contributed by atoms with Crippen LogP contribution in [0.4, 0.5) is 0 Å². The van der Waals surface area contributed by atoms with Gasteiger partial charge in [0.2, 0.25) is 0 Å². The van der Waals surface area contributed by atoms with Gasteiger partial charge in [-0.15, -0.1) is 11.8 Å². The first-order chi connectivity index (χ1) is 12.7. The maximum absolute atomic E-state index is 5.25. The lowest BCUT2D eigenvalue weighted by Crippen LogP contribution is -1.88. The molecule has 4 heteroatoms. The summed E-state index contributed by atoms with van der Waals surface area (Å²) in [5.74, 6) is 1.84. The zero-order valence-corrected chi connectivity index (χ0v) is 16.3. The molecule has 0 aliphatic carbocycles. The van der Waals surface area contributed by atoms with Crippen LogP contribution in [0.25, 0.3) is 22.2 Å². The number of hydrogen-bond donors (Lipinski definition) is 1. The summed E-state index contributed by atoms with van der Waals surface area (Å²) in [5, 5.41) is 2.23. The Balaban J connectivity index is 1.70. The Labute approximate surface area is 159 Å². The van der Waals surface area contributed by atoms with Crippen molar-refractivity contribution in [1.29, 1.82) is 0 Å². The average Bonchev–Trinajstić information content (AvgIpc) is 3.12. The number of benzene rings is 2. The largest absolute Gasteiger partial charge is 0.497 e. The van der Waals surface area contributed by atoms with Crippen LogP contribution in [0.3, 0.4) is 0 Å². The van der Waals surface area contributed by atoms with Crippen LogP contribution in [0.1, 0.15) is 31.2 Å². The molecule has 3 rings (SSSR count). The number of fused-ring (bicyclic) bond motifs is 1. The summed E-state index contributed by atoms with van der Waals surface area (Å²) >= 11 is 1.74. The highest BCUT2D eigenvalue weighted by atomic mass is 32.2. The summed E-state index contributed by atoms with van der Waals surface area (Å²) in [6, 6.07) is 16.4. The Bertz CT molecular complexity index is 890. The van der Waals surface area contributed by atoms with E-state index in [1.165, 1.54) is 16.7 Å². The van der Waals surface area contributed by atoms with Crippen molar-refractivity contribution in [2.45, 2.75) is 19.8 Å². The Morgan fingerprint density at radius 1 is 1.15 bits per heavy atom. The second-order valence-electron chi connectivity index (χ2n) is 6.14. The van der Waals surface area contributed by atoms with E-state index in [2.05, 4.69) is 52.8 Å². The molecule has 0 saturated heterocycles. The van der Waals surface area contributed by atoms with Gasteiger partial charge in [0.05, 0.1) is 18.1 Å². The van der Waals surface area contributed by atoms with Gasteiger partial charge in [-0.25, -0.2) is 4.98 Å². The second-order valence-corrected chi connectivity index (χ2v) is 6.84. The van der Waals surface area contributed by atoms with Crippen molar-refractivity contribution in [1.82, 2.24) is 9.97 Å². The first kappa shape index (κ1) is 18.3. The van der Waals surface area contributed by atoms with Crippen molar-refractivity contribution in [2.24, 2.45) is 0 Å². The van der Waals surface area contributed by atoms with Crippen molar-refractivity contribution >= 4 is 33.9 Å². The third kappa shape index (κ3) is 4.38. The van der Waals surface area contributed by atoms with Crippen molar-refractivity contribution in [3.05, 3.63) is 71.4 Å². The number of para-hydroxylation sites is 2. The van der Waals surface area contributed by atoms with Gasteiger partial charge in [-0.05, 0) is 72.4 Å². The van der Waals surface area contributed by atoms with E-state index in [0.29, 0.717) is 0 Å². The number of rotatable bonds is 7. The number of allylic oxidation sites excluding steroid dienone is 3. The minimum Gasteiger partial charge on any atom is -0.497 e. The fourth-order valence-corrected chi connectivity index (χ4v) is 3.44. The van der Waals surface area contributed by atoms with Crippen molar-refractivity contribution in [3.8, 4) is 5.75 Å². The molecule has 1 N–H and O–H groups in total. The van der Waals surface area contributed by atoms with Crippen molar-refractivity contribution in [2.75, 3.05) is 13.4 Å². The lowest BCUT2D eigenvalue weighted by atomic mass is 10.0. The molecule has 0 unspecified atom stereocenters. The number of imidazole rings is 1. The van der Waals surface area contributed by atoms with Gasteiger partial charge >= 0.3 is 0 Å². The molecule has 0 radical (unpaired) electrons. The van der Waals surface area contributed by atoms with E-state index in [0.717, 1.165) is 35.4 Å². The molecule has 0 aliphatic rings. The van der Waals surface area contributed by atoms with Crippen LogP contribution in [0.15, 0.2) is 60.0 Å². The molecule has 0 aliphatic heterocycles. The zero-order chi connectivity index (χ0) is 18.4. The number of aromatic amines is 1. The Kier molecular flexibility index (Phi) is 6.18. The molecule has 0 saturated carbocycles. The third-order valence-electron chi connectivity index (χ3n) is 4.35. The van der Waals surface area contributed by atoms with Crippen LogP contribution in [0.5, 0.6) is 5.75 Å². The van der Waals surface area contributed by atoms with E-state index in [9.17, 15) is 0 Å². The minimum absolute atomic E-state index is 0.887. The zero-order valence-electron chi connectivity index (χ0n) is 15.5. The number of ether oxygens (including phenoxy) is 1. The standard InChI is InChI=1S/C22H24N2OS/c1-16(22-23-20-9-4-5-10-21(20)24-22)7-6-8-18(15-26-3)17-11-13-19(25-2)14-12-17/h4-5,7,9-15H,6,8H2,1-3H3,(H,23,24)/b16-7-,18-15+. The molecule has 2 aromatic carbocycles. The van der Waals surface area contributed by atoms with Crippen LogP contribution in [-0.4, -0.2) is 23.3 Å². The molecule has 0 amide bonds. The molecule has 0 spiro atoms. The van der Waals surface area contributed by atoms with Gasteiger partial charge in [0.15, 0.2) is 0 Å². The van der Waals surface area contributed by atoms with Gasteiger partial charge in [0, 0.05) is 0 Å². The molecule has 26 heavy (non-hydrogen) atoms. The normalized spacial score (nSPS) is 12.6. The summed E-state index contributed by atoms with van der Waals surface area (Å²) in [6.45, 7) is 2.11. The second kappa shape index (κ2) is 8.77. The predicted molar refractivity (Wildman–Crippen MR) is 113 cm³/mol. The number of hydrogen-bond acceptors (Lipinski definition) is 3. The van der Waals surface area contributed by atoms with Gasteiger partial charge in [0.25, 0.3) is 0 Å². The highest BCUT2D eigenvalue weighted by Crippen LogP contribution is 2.26. The molecule has 1 aromatic heterocycles. The summed E-state index contributed by atoms with van der Waals surface area (Å²) in [7, 11) is 1.69. The molecular formula is C22H24N2OS. The van der Waals surface area contributed by atoms with Gasteiger partial charge in [0.1, 0.15) is 11.6 Å². The molecule has 3 nitrogen and oxygen atoms in total. The number of thioether (sulfide) groups is 1. The average molecular weight is 365 g/mol. The summed E-state index contributed by atoms with van der Waals surface area (Å²) < 4.78 is 5.25. The molecule has 1 heterocycles. The SMILES string of the molecule is COc1ccc(/C(=C/SC)CC/C=C(/C)c2nc3ccccc3[nH]2)cc1. The summed E-state index contributed by atoms with van der Waals surface area (Å²) in [5.41, 5.74) is 5.86. The molecular weight excluding hydrogens is 340 g/mol. The van der Waals surface area contributed by atoms with Crippen LogP contribution in [-0.2, 0) is 0 Å². The van der Waals surface area contributed by atoms with Crippen LogP contribution in [0, 0.1) is 0 Å². The van der Waals surface area contributed by atoms with Crippen LogP contribution < -0.4 is 4.74 Å². The molecule has 0 bridgehead atoms. The van der Waals surface area contributed by atoms with E-state index in [4.69, 9.17) is 4.74 Å². The van der Waals surface area contributed by atoms with Gasteiger partial charge in [-0.2, -0.15) is 0 Å². The monoisotopic (exact) mass is 364 g/mol. The van der Waals surface area contributed by atoms with E-state index in [-0.39, 0.29) is 0 Å².